The highest BCUT2D eigenvalue weighted by Crippen LogP contribution is 2.14. The summed E-state index contributed by atoms with van der Waals surface area (Å²) in [5.74, 6) is -0.435. The van der Waals surface area contributed by atoms with Crippen LogP contribution in [0, 0.1) is 0 Å². The van der Waals surface area contributed by atoms with Crippen molar-refractivity contribution in [3.8, 4) is 0 Å². The molecule has 0 spiro atoms. The number of benzene rings is 1. The average molecular weight is 291 g/mol. The fraction of sp³-hybridized carbons (Fsp3) is 0. The van der Waals surface area contributed by atoms with Gasteiger partial charge in [0.2, 0.25) is 0 Å². The van der Waals surface area contributed by atoms with E-state index in [9.17, 15) is 9.59 Å². The third-order valence-corrected chi connectivity index (χ3v) is 2.69. The lowest BCUT2D eigenvalue weighted by Gasteiger charge is -2.06. The van der Waals surface area contributed by atoms with Crippen LogP contribution in [0.2, 0.25) is 5.02 Å². The van der Waals surface area contributed by atoms with Crippen LogP contribution in [-0.4, -0.2) is 11.8 Å². The van der Waals surface area contributed by atoms with Gasteiger partial charge in [-0.2, -0.15) is 0 Å². The molecule has 1 aromatic heterocycles. The van der Waals surface area contributed by atoms with Gasteiger partial charge in [0.05, 0.1) is 16.8 Å². The molecule has 1 aromatic carbocycles. The molecule has 0 aliphatic carbocycles. The molecule has 0 radical (unpaired) electrons. The fourth-order valence-electron chi connectivity index (χ4n) is 1.42. The largest absolute Gasteiger partial charge is 0.465 e. The van der Waals surface area contributed by atoms with Gasteiger partial charge in [-0.1, -0.05) is 23.7 Å². The van der Waals surface area contributed by atoms with Crippen LogP contribution in [0.4, 0.5) is 0 Å². The molecule has 2 N–H and O–H groups in total. The van der Waals surface area contributed by atoms with E-state index in [-0.39, 0.29) is 5.56 Å². The molecule has 6 heteroatoms. The zero-order valence-corrected chi connectivity index (χ0v) is 11.1. The maximum atomic E-state index is 11.7. The highest BCUT2D eigenvalue weighted by molar-refractivity contribution is 6.33. The minimum absolute atomic E-state index is 0.282. The Labute approximate surface area is 120 Å². The van der Waals surface area contributed by atoms with Gasteiger partial charge in [-0.15, -0.1) is 0 Å². The van der Waals surface area contributed by atoms with Gasteiger partial charge >= 0.3 is 0 Å². The Morgan fingerprint density at radius 2 is 1.90 bits per heavy atom. The average Bonchev–Trinajstić information content (AvgIpc) is 2.96. The summed E-state index contributed by atoms with van der Waals surface area (Å²) in [6.07, 6.45) is 4.22. The summed E-state index contributed by atoms with van der Waals surface area (Å²) in [4.78, 5) is 23.2. The van der Waals surface area contributed by atoms with Gasteiger partial charge in [0.25, 0.3) is 11.8 Å². The number of hydrazine groups is 1. The summed E-state index contributed by atoms with van der Waals surface area (Å²) < 4.78 is 5.02. The van der Waals surface area contributed by atoms with E-state index in [0.29, 0.717) is 10.8 Å². The van der Waals surface area contributed by atoms with Crippen LogP contribution in [0.25, 0.3) is 6.08 Å². The van der Waals surface area contributed by atoms with Crippen molar-refractivity contribution in [3.63, 3.8) is 0 Å². The lowest BCUT2D eigenvalue weighted by molar-refractivity contribution is -0.117. The van der Waals surface area contributed by atoms with Crippen molar-refractivity contribution in [2.75, 3.05) is 0 Å². The molecule has 0 aliphatic rings. The molecule has 5 nitrogen and oxygen atoms in total. The molecule has 0 unspecified atom stereocenters. The first-order valence-electron chi connectivity index (χ1n) is 5.73. The number of hydrogen-bond acceptors (Lipinski definition) is 3. The van der Waals surface area contributed by atoms with Gasteiger partial charge in [-0.3, -0.25) is 20.4 Å². The molecular weight excluding hydrogens is 280 g/mol. The number of amides is 2. The van der Waals surface area contributed by atoms with Crippen LogP contribution in [0.1, 0.15) is 16.1 Å². The summed E-state index contributed by atoms with van der Waals surface area (Å²) in [7, 11) is 0. The van der Waals surface area contributed by atoms with Gasteiger partial charge in [-0.05, 0) is 30.3 Å². The van der Waals surface area contributed by atoms with E-state index >= 15 is 0 Å². The van der Waals surface area contributed by atoms with Gasteiger partial charge in [0.15, 0.2) is 0 Å². The standard InChI is InChI=1S/C14H11ClN2O3/c15-12-6-2-1-5-11(12)14(19)17-16-13(18)8-7-10-4-3-9-20-10/h1-9H,(H,16,18)(H,17,19). The second-order valence-electron chi connectivity index (χ2n) is 3.77. The molecule has 2 amide bonds. The number of hydrogen-bond donors (Lipinski definition) is 2. The van der Waals surface area contributed by atoms with Crippen molar-refractivity contribution < 1.29 is 14.0 Å². The SMILES string of the molecule is O=C(C=Cc1ccco1)NNC(=O)c1ccccc1Cl. The number of rotatable bonds is 3. The van der Waals surface area contributed by atoms with Crippen molar-refractivity contribution in [1.82, 2.24) is 10.9 Å². The highest BCUT2D eigenvalue weighted by atomic mass is 35.5. The lowest BCUT2D eigenvalue weighted by atomic mass is 10.2. The quantitative estimate of drug-likeness (QED) is 0.673. The smallest absolute Gasteiger partial charge is 0.271 e. The fourth-order valence-corrected chi connectivity index (χ4v) is 1.64. The molecule has 0 saturated carbocycles. The van der Waals surface area contributed by atoms with E-state index < -0.39 is 11.8 Å². The van der Waals surface area contributed by atoms with Crippen LogP contribution in [0.3, 0.4) is 0 Å². The summed E-state index contributed by atoms with van der Waals surface area (Å²) in [5.41, 5.74) is 4.79. The monoisotopic (exact) mass is 290 g/mol. The zero-order chi connectivity index (χ0) is 14.4. The van der Waals surface area contributed by atoms with Crippen molar-refractivity contribution in [3.05, 3.63) is 65.1 Å². The van der Waals surface area contributed by atoms with Gasteiger partial charge in [0, 0.05) is 6.08 Å². The van der Waals surface area contributed by atoms with Crippen molar-refractivity contribution in [2.45, 2.75) is 0 Å². The van der Waals surface area contributed by atoms with E-state index in [4.69, 9.17) is 16.0 Å². The molecule has 0 saturated heterocycles. The summed E-state index contributed by atoms with van der Waals surface area (Å²) in [6.45, 7) is 0. The van der Waals surface area contributed by atoms with Crippen molar-refractivity contribution in [1.29, 1.82) is 0 Å². The second kappa shape index (κ2) is 6.58. The molecule has 0 aliphatic heterocycles. The molecule has 20 heavy (non-hydrogen) atoms. The summed E-state index contributed by atoms with van der Waals surface area (Å²) in [6, 6.07) is 9.95. The number of furan rings is 1. The third kappa shape index (κ3) is 3.73. The molecule has 2 rings (SSSR count). The van der Waals surface area contributed by atoms with Gasteiger partial charge in [0.1, 0.15) is 5.76 Å². The van der Waals surface area contributed by atoms with E-state index in [2.05, 4.69) is 10.9 Å². The molecule has 0 atom stereocenters. The van der Waals surface area contributed by atoms with E-state index in [1.165, 1.54) is 18.4 Å². The normalized spacial score (nSPS) is 10.4. The minimum Gasteiger partial charge on any atom is -0.465 e. The van der Waals surface area contributed by atoms with Gasteiger partial charge in [-0.25, -0.2) is 0 Å². The van der Waals surface area contributed by atoms with Crippen LogP contribution in [0.15, 0.2) is 53.2 Å². The van der Waals surface area contributed by atoms with E-state index in [1.54, 1.807) is 36.4 Å². The topological polar surface area (TPSA) is 71.3 Å². The maximum Gasteiger partial charge on any atom is 0.271 e. The van der Waals surface area contributed by atoms with Crippen LogP contribution in [-0.2, 0) is 4.79 Å². The minimum atomic E-state index is -0.490. The molecule has 0 bridgehead atoms. The van der Waals surface area contributed by atoms with Crippen LogP contribution >= 0.6 is 11.6 Å². The summed E-state index contributed by atoms with van der Waals surface area (Å²) in [5, 5.41) is 0.311. The molecular formula is C14H11ClN2O3. The second-order valence-corrected chi connectivity index (χ2v) is 4.18. The van der Waals surface area contributed by atoms with E-state index in [0.717, 1.165) is 0 Å². The Morgan fingerprint density at radius 3 is 2.60 bits per heavy atom. The predicted molar refractivity (Wildman–Crippen MR) is 74.8 cm³/mol. The highest BCUT2D eigenvalue weighted by Gasteiger charge is 2.09. The molecule has 0 fully saturated rings. The van der Waals surface area contributed by atoms with Crippen LogP contribution in [0.5, 0.6) is 0 Å². The molecule has 2 aromatic rings. The number of carbonyl (C=O) groups excluding carboxylic acids is 2. The van der Waals surface area contributed by atoms with E-state index in [1.807, 2.05) is 0 Å². The lowest BCUT2D eigenvalue weighted by Crippen LogP contribution is -2.40. The maximum absolute atomic E-state index is 11.7. The predicted octanol–water partition coefficient (Wildman–Crippen LogP) is 2.41. The van der Waals surface area contributed by atoms with Crippen molar-refractivity contribution >= 4 is 29.5 Å². The summed E-state index contributed by atoms with van der Waals surface area (Å²) >= 11 is 5.86. The van der Waals surface area contributed by atoms with Crippen molar-refractivity contribution in [2.24, 2.45) is 0 Å². The Balaban J connectivity index is 1.87. The van der Waals surface area contributed by atoms with Crippen LogP contribution < -0.4 is 10.9 Å². The first-order chi connectivity index (χ1) is 9.66. The Morgan fingerprint density at radius 1 is 1.10 bits per heavy atom. The Kier molecular flexibility index (Phi) is 4.57. The molecule has 102 valence electrons. The molecule has 1 heterocycles. The Bertz CT molecular complexity index is 636. The zero-order valence-electron chi connectivity index (χ0n) is 10.3. The Hall–Kier alpha value is -2.53. The first kappa shape index (κ1) is 13.9. The number of carbonyl (C=O) groups is 2. The van der Waals surface area contributed by atoms with Gasteiger partial charge < -0.3 is 4.42 Å². The number of halogens is 1. The number of nitrogens with one attached hydrogen (secondary N) is 2. The first-order valence-corrected chi connectivity index (χ1v) is 6.11. The third-order valence-electron chi connectivity index (χ3n) is 2.36.